The number of ether oxygens (including phenoxy) is 1. The standard InChI is InChI=1S/C13H12N2O4S/c1-8-9(2)20-13(14-8)7-19-12-4-3-11(15(17)18)5-10(12)6-16/h3-6H,7H2,1-2H3. The minimum atomic E-state index is -0.551. The molecule has 0 amide bonds. The molecular weight excluding hydrogens is 280 g/mol. The van der Waals surface area contributed by atoms with Gasteiger partial charge in [0, 0.05) is 17.0 Å². The Labute approximate surface area is 119 Å². The molecule has 0 unspecified atom stereocenters. The fourth-order valence-electron chi connectivity index (χ4n) is 1.61. The second kappa shape index (κ2) is 5.79. The zero-order valence-electron chi connectivity index (χ0n) is 11.0. The van der Waals surface area contributed by atoms with Gasteiger partial charge in [0.2, 0.25) is 0 Å². The molecule has 0 saturated carbocycles. The highest BCUT2D eigenvalue weighted by Crippen LogP contribution is 2.24. The first-order valence-corrected chi connectivity index (χ1v) is 6.62. The van der Waals surface area contributed by atoms with E-state index in [1.54, 1.807) is 0 Å². The zero-order chi connectivity index (χ0) is 14.7. The van der Waals surface area contributed by atoms with E-state index in [-0.39, 0.29) is 17.9 Å². The Morgan fingerprint density at radius 1 is 1.45 bits per heavy atom. The van der Waals surface area contributed by atoms with E-state index in [1.807, 2.05) is 13.8 Å². The number of aromatic nitrogens is 1. The van der Waals surface area contributed by atoms with Gasteiger partial charge in [0.15, 0.2) is 6.29 Å². The number of rotatable bonds is 5. The monoisotopic (exact) mass is 292 g/mol. The van der Waals surface area contributed by atoms with Crippen molar-refractivity contribution in [2.75, 3.05) is 0 Å². The van der Waals surface area contributed by atoms with Crippen LogP contribution in [0.5, 0.6) is 5.75 Å². The number of benzene rings is 1. The third-order valence-electron chi connectivity index (χ3n) is 2.76. The Morgan fingerprint density at radius 3 is 2.75 bits per heavy atom. The maximum absolute atomic E-state index is 11.0. The number of nitrogens with zero attached hydrogens (tertiary/aromatic N) is 2. The Hall–Kier alpha value is -2.28. The predicted octanol–water partition coefficient (Wildman–Crippen LogP) is 3.06. The number of carbonyl (C=O) groups is 1. The molecule has 0 aliphatic carbocycles. The van der Waals surface area contributed by atoms with Crippen molar-refractivity contribution < 1.29 is 14.5 Å². The number of nitro groups is 1. The van der Waals surface area contributed by atoms with Gasteiger partial charge in [-0.25, -0.2) is 4.98 Å². The first-order valence-electron chi connectivity index (χ1n) is 5.80. The molecule has 20 heavy (non-hydrogen) atoms. The Bertz CT molecular complexity index is 647. The van der Waals surface area contributed by atoms with Crippen LogP contribution in [-0.2, 0) is 6.61 Å². The summed E-state index contributed by atoms with van der Waals surface area (Å²) in [6.07, 6.45) is 0.542. The summed E-state index contributed by atoms with van der Waals surface area (Å²) in [5.74, 6) is 0.316. The van der Waals surface area contributed by atoms with E-state index in [0.717, 1.165) is 15.6 Å². The Balaban J connectivity index is 2.16. The molecule has 104 valence electrons. The smallest absolute Gasteiger partial charge is 0.270 e. The van der Waals surface area contributed by atoms with Gasteiger partial charge in [-0.05, 0) is 19.9 Å². The third kappa shape index (κ3) is 3.00. The lowest BCUT2D eigenvalue weighted by molar-refractivity contribution is -0.384. The second-order valence-electron chi connectivity index (χ2n) is 4.13. The summed E-state index contributed by atoms with van der Waals surface area (Å²) >= 11 is 1.52. The second-order valence-corrected chi connectivity index (χ2v) is 5.42. The van der Waals surface area contributed by atoms with Crippen molar-refractivity contribution in [1.29, 1.82) is 0 Å². The quantitative estimate of drug-likeness (QED) is 0.480. The highest BCUT2D eigenvalue weighted by atomic mass is 32.1. The van der Waals surface area contributed by atoms with Crippen LogP contribution in [0.1, 0.15) is 25.9 Å². The van der Waals surface area contributed by atoms with E-state index in [2.05, 4.69) is 4.98 Å². The lowest BCUT2D eigenvalue weighted by Crippen LogP contribution is -1.99. The fourth-order valence-corrected chi connectivity index (χ4v) is 2.46. The van der Waals surface area contributed by atoms with E-state index in [9.17, 15) is 14.9 Å². The van der Waals surface area contributed by atoms with Gasteiger partial charge < -0.3 is 4.74 Å². The molecule has 0 aliphatic heterocycles. The van der Waals surface area contributed by atoms with Crippen LogP contribution in [0.2, 0.25) is 0 Å². The maximum atomic E-state index is 11.0. The molecule has 0 aliphatic rings. The number of hydrogen-bond acceptors (Lipinski definition) is 6. The average Bonchev–Trinajstić information content (AvgIpc) is 2.75. The van der Waals surface area contributed by atoms with Gasteiger partial charge in [0.25, 0.3) is 5.69 Å². The highest BCUT2D eigenvalue weighted by molar-refractivity contribution is 7.11. The average molecular weight is 292 g/mol. The first kappa shape index (κ1) is 14.1. The van der Waals surface area contributed by atoms with Crippen LogP contribution in [0, 0.1) is 24.0 Å². The summed E-state index contributed by atoms with van der Waals surface area (Å²) in [4.78, 5) is 26.5. The third-order valence-corrected chi connectivity index (χ3v) is 3.80. The summed E-state index contributed by atoms with van der Waals surface area (Å²) in [6, 6.07) is 3.93. The van der Waals surface area contributed by atoms with Crippen molar-refractivity contribution in [1.82, 2.24) is 4.98 Å². The number of hydrogen-bond donors (Lipinski definition) is 0. The van der Waals surface area contributed by atoms with E-state index in [0.29, 0.717) is 12.0 Å². The van der Waals surface area contributed by atoms with Gasteiger partial charge in [-0.15, -0.1) is 11.3 Å². The molecule has 0 radical (unpaired) electrons. The normalized spacial score (nSPS) is 10.3. The van der Waals surface area contributed by atoms with Crippen molar-refractivity contribution in [3.63, 3.8) is 0 Å². The van der Waals surface area contributed by atoms with Crippen molar-refractivity contribution in [3.8, 4) is 5.75 Å². The minimum absolute atomic E-state index is 0.139. The molecule has 2 aromatic rings. The van der Waals surface area contributed by atoms with Crippen molar-refractivity contribution >= 4 is 23.3 Å². The number of aryl methyl sites for hydroxylation is 2. The summed E-state index contributed by atoms with van der Waals surface area (Å²) < 4.78 is 5.51. The number of thiazole rings is 1. The summed E-state index contributed by atoms with van der Waals surface area (Å²) in [5.41, 5.74) is 0.970. The van der Waals surface area contributed by atoms with Crippen molar-refractivity contribution in [2.45, 2.75) is 20.5 Å². The van der Waals surface area contributed by atoms with Crippen LogP contribution < -0.4 is 4.74 Å². The summed E-state index contributed by atoms with van der Waals surface area (Å²) in [7, 11) is 0. The van der Waals surface area contributed by atoms with Gasteiger partial charge in [-0.2, -0.15) is 0 Å². The number of carbonyl (C=O) groups excluding carboxylic acids is 1. The molecule has 6 nitrogen and oxygen atoms in total. The molecule has 0 bridgehead atoms. The molecule has 0 saturated heterocycles. The molecule has 0 fully saturated rings. The number of aldehydes is 1. The number of non-ortho nitro benzene ring substituents is 1. The van der Waals surface area contributed by atoms with Gasteiger partial charge in [0.1, 0.15) is 17.4 Å². The minimum Gasteiger partial charge on any atom is -0.486 e. The molecular formula is C13H12N2O4S. The van der Waals surface area contributed by atoms with Crippen LogP contribution in [-0.4, -0.2) is 16.2 Å². The highest BCUT2D eigenvalue weighted by Gasteiger charge is 2.12. The first-order chi connectivity index (χ1) is 9.51. The largest absolute Gasteiger partial charge is 0.486 e. The molecule has 7 heteroatoms. The van der Waals surface area contributed by atoms with E-state index in [1.165, 1.54) is 29.5 Å². The van der Waals surface area contributed by atoms with Crippen LogP contribution in [0.3, 0.4) is 0 Å². The zero-order valence-corrected chi connectivity index (χ0v) is 11.8. The van der Waals surface area contributed by atoms with Gasteiger partial charge in [0.05, 0.1) is 16.2 Å². The summed E-state index contributed by atoms with van der Waals surface area (Å²) in [6.45, 7) is 4.12. The molecule has 0 N–H and O–H groups in total. The molecule has 0 spiro atoms. The van der Waals surface area contributed by atoms with Crippen molar-refractivity contribution in [3.05, 3.63) is 49.5 Å². The maximum Gasteiger partial charge on any atom is 0.270 e. The predicted molar refractivity (Wildman–Crippen MR) is 74.4 cm³/mol. The van der Waals surface area contributed by atoms with Gasteiger partial charge >= 0.3 is 0 Å². The topological polar surface area (TPSA) is 82.3 Å². The Morgan fingerprint density at radius 2 is 2.20 bits per heavy atom. The molecule has 0 atom stereocenters. The molecule has 2 rings (SSSR count). The van der Waals surface area contributed by atoms with Crippen LogP contribution >= 0.6 is 11.3 Å². The lowest BCUT2D eigenvalue weighted by atomic mass is 10.2. The molecule has 1 aromatic carbocycles. The Kier molecular flexibility index (Phi) is 4.09. The molecule has 1 heterocycles. The molecule has 1 aromatic heterocycles. The number of nitro benzene ring substituents is 1. The van der Waals surface area contributed by atoms with E-state index >= 15 is 0 Å². The summed E-state index contributed by atoms with van der Waals surface area (Å²) in [5, 5.41) is 11.4. The SMILES string of the molecule is Cc1nc(COc2ccc([N+](=O)[O-])cc2C=O)sc1C. The van der Waals surface area contributed by atoms with Crippen LogP contribution in [0.4, 0.5) is 5.69 Å². The lowest BCUT2D eigenvalue weighted by Gasteiger charge is -2.06. The van der Waals surface area contributed by atoms with Gasteiger partial charge in [-0.1, -0.05) is 0 Å². The van der Waals surface area contributed by atoms with Crippen LogP contribution in [0.15, 0.2) is 18.2 Å². The van der Waals surface area contributed by atoms with Gasteiger partial charge in [-0.3, -0.25) is 14.9 Å². The van der Waals surface area contributed by atoms with Crippen molar-refractivity contribution in [2.24, 2.45) is 0 Å². The van der Waals surface area contributed by atoms with E-state index < -0.39 is 4.92 Å². The van der Waals surface area contributed by atoms with E-state index in [4.69, 9.17) is 4.74 Å². The van der Waals surface area contributed by atoms with Crippen LogP contribution in [0.25, 0.3) is 0 Å². The fraction of sp³-hybridized carbons (Fsp3) is 0.231.